The van der Waals surface area contributed by atoms with E-state index in [1.807, 2.05) is 4.90 Å². The summed E-state index contributed by atoms with van der Waals surface area (Å²) in [4.78, 5) is 18.7. The normalized spacial score (nSPS) is 17.9. The molecule has 6 heteroatoms. The maximum atomic E-state index is 13.6. The fraction of sp³-hybridized carbons (Fsp3) is 0.286. The molecule has 4 nitrogen and oxygen atoms in total. The molecule has 4 rings (SSSR count). The van der Waals surface area contributed by atoms with Crippen LogP contribution < -0.4 is 5.73 Å². The molecule has 2 heterocycles. The van der Waals surface area contributed by atoms with E-state index in [1.165, 1.54) is 6.07 Å². The number of nitrogens with zero attached hydrogens (tertiary/aromatic N) is 2. The van der Waals surface area contributed by atoms with Gasteiger partial charge < -0.3 is 10.6 Å². The number of aromatic nitrogens is 1. The maximum Gasteiger partial charge on any atom is 0.258 e. The third kappa shape index (κ3) is 1.51. The van der Waals surface area contributed by atoms with Crippen molar-refractivity contribution in [3.63, 3.8) is 0 Å². The molecule has 1 fully saturated rings. The lowest BCUT2D eigenvalue weighted by atomic mass is 10.1. The number of carbonyl (C=O) groups is 1. The average molecular weight is 336 g/mol. The Morgan fingerprint density at radius 1 is 1.40 bits per heavy atom. The summed E-state index contributed by atoms with van der Waals surface area (Å²) >= 11 is 3.20. The zero-order chi connectivity index (χ0) is 14.0. The molecule has 0 atom stereocenters. The molecule has 20 heavy (non-hydrogen) atoms. The summed E-state index contributed by atoms with van der Waals surface area (Å²) in [5.74, 6) is -0.428. The number of amides is 1. The van der Waals surface area contributed by atoms with E-state index in [-0.39, 0.29) is 11.7 Å². The van der Waals surface area contributed by atoms with Gasteiger partial charge in [-0.05, 0) is 40.9 Å². The summed E-state index contributed by atoms with van der Waals surface area (Å²) in [6.07, 6.45) is 2.08. The summed E-state index contributed by atoms with van der Waals surface area (Å²) in [6.45, 7) is 0.474. The van der Waals surface area contributed by atoms with Crippen LogP contribution in [0.3, 0.4) is 0 Å². The molecular weight excluding hydrogens is 325 g/mol. The number of nitrogens with two attached hydrogens (primary N) is 1. The van der Waals surface area contributed by atoms with E-state index in [0.717, 1.165) is 12.8 Å². The Hall–Kier alpha value is -1.69. The first-order valence-corrected chi connectivity index (χ1v) is 7.24. The van der Waals surface area contributed by atoms with Crippen molar-refractivity contribution in [1.82, 2.24) is 9.88 Å². The Morgan fingerprint density at radius 2 is 2.15 bits per heavy atom. The average Bonchev–Trinajstić information content (AvgIpc) is 3.20. The first-order chi connectivity index (χ1) is 9.58. The number of hydrogen-bond acceptors (Lipinski definition) is 3. The van der Waals surface area contributed by atoms with E-state index in [0.29, 0.717) is 44.9 Å². The lowest BCUT2D eigenvalue weighted by molar-refractivity contribution is 0.0767. The van der Waals surface area contributed by atoms with Crippen LogP contribution in [-0.2, 0) is 6.54 Å². The number of fused-ring (bicyclic) bond motifs is 2. The van der Waals surface area contributed by atoms with Crippen molar-refractivity contribution in [2.75, 3.05) is 5.73 Å². The molecule has 0 spiro atoms. The first kappa shape index (κ1) is 12.1. The van der Waals surface area contributed by atoms with Gasteiger partial charge in [0.05, 0.1) is 33.5 Å². The van der Waals surface area contributed by atoms with Crippen molar-refractivity contribution in [2.24, 2.45) is 0 Å². The van der Waals surface area contributed by atoms with Crippen molar-refractivity contribution in [3.8, 4) is 0 Å². The summed E-state index contributed by atoms with van der Waals surface area (Å²) in [7, 11) is 0. The van der Waals surface area contributed by atoms with Gasteiger partial charge in [0, 0.05) is 11.4 Å². The SMILES string of the molecule is Nc1c2c(nc3c(Br)c(F)ccc13)CN(C1CC1)C2=O. The molecule has 0 saturated heterocycles. The van der Waals surface area contributed by atoms with Crippen LogP contribution in [0.1, 0.15) is 28.9 Å². The van der Waals surface area contributed by atoms with Crippen LogP contribution in [0.4, 0.5) is 10.1 Å². The third-order valence-corrected chi connectivity index (χ3v) is 4.70. The van der Waals surface area contributed by atoms with Crippen molar-refractivity contribution in [1.29, 1.82) is 0 Å². The van der Waals surface area contributed by atoms with E-state index in [2.05, 4.69) is 20.9 Å². The van der Waals surface area contributed by atoms with Crippen molar-refractivity contribution < 1.29 is 9.18 Å². The van der Waals surface area contributed by atoms with Gasteiger partial charge in [0.2, 0.25) is 0 Å². The Morgan fingerprint density at radius 3 is 2.85 bits per heavy atom. The van der Waals surface area contributed by atoms with Crippen LogP contribution in [-0.4, -0.2) is 21.8 Å². The highest BCUT2D eigenvalue weighted by Gasteiger charge is 2.40. The first-order valence-electron chi connectivity index (χ1n) is 6.45. The molecule has 0 bridgehead atoms. The van der Waals surface area contributed by atoms with E-state index in [1.54, 1.807) is 6.07 Å². The second-order valence-electron chi connectivity index (χ2n) is 5.27. The molecule has 1 aromatic heterocycles. The standard InChI is InChI=1S/C14H11BrFN3O/c15-11-8(16)4-3-7-12(17)10-9(18-13(7)11)5-19(14(10)20)6-1-2-6/h3-4,6H,1-2,5H2,(H2,17,18). The minimum absolute atomic E-state index is 0.0464. The quantitative estimate of drug-likeness (QED) is 0.871. The number of carbonyl (C=O) groups excluding carboxylic acids is 1. The molecule has 1 aliphatic heterocycles. The molecule has 1 aliphatic carbocycles. The number of pyridine rings is 1. The zero-order valence-electron chi connectivity index (χ0n) is 10.5. The predicted molar refractivity (Wildman–Crippen MR) is 76.7 cm³/mol. The van der Waals surface area contributed by atoms with Crippen molar-refractivity contribution >= 4 is 38.4 Å². The Bertz CT molecular complexity index is 773. The Kier molecular flexibility index (Phi) is 2.36. The van der Waals surface area contributed by atoms with Gasteiger partial charge in [-0.3, -0.25) is 4.79 Å². The number of halogens is 2. The van der Waals surface area contributed by atoms with Gasteiger partial charge in [-0.1, -0.05) is 0 Å². The van der Waals surface area contributed by atoms with Crippen molar-refractivity contribution in [2.45, 2.75) is 25.4 Å². The van der Waals surface area contributed by atoms with E-state index < -0.39 is 0 Å². The summed E-state index contributed by atoms with van der Waals surface area (Å²) in [6, 6.07) is 3.22. The molecule has 0 radical (unpaired) electrons. The van der Waals surface area contributed by atoms with E-state index in [9.17, 15) is 9.18 Å². The maximum absolute atomic E-state index is 13.6. The fourth-order valence-electron chi connectivity index (χ4n) is 2.76. The minimum atomic E-state index is -0.382. The molecule has 1 amide bonds. The molecule has 2 N–H and O–H groups in total. The predicted octanol–water partition coefficient (Wildman–Crippen LogP) is 2.84. The molecule has 1 saturated carbocycles. The summed E-state index contributed by atoms with van der Waals surface area (Å²) in [5, 5.41) is 0.614. The monoisotopic (exact) mass is 335 g/mol. The Labute approximate surface area is 122 Å². The highest BCUT2D eigenvalue weighted by atomic mass is 79.9. The molecule has 0 unspecified atom stereocenters. The summed E-state index contributed by atoms with van der Waals surface area (Å²) in [5.41, 5.74) is 8.15. The topological polar surface area (TPSA) is 59.2 Å². The van der Waals surface area contributed by atoms with Crippen molar-refractivity contribution in [3.05, 3.63) is 33.7 Å². The summed E-state index contributed by atoms with van der Waals surface area (Å²) < 4.78 is 13.9. The van der Waals surface area contributed by atoms with Gasteiger partial charge in [0.1, 0.15) is 5.82 Å². The van der Waals surface area contributed by atoms with Crippen LogP contribution in [0.5, 0.6) is 0 Å². The third-order valence-electron chi connectivity index (χ3n) is 3.95. The zero-order valence-corrected chi connectivity index (χ0v) is 12.1. The lowest BCUT2D eigenvalue weighted by Gasteiger charge is -2.13. The second kappa shape index (κ2) is 3.91. The highest BCUT2D eigenvalue weighted by molar-refractivity contribution is 9.10. The second-order valence-corrected chi connectivity index (χ2v) is 6.06. The number of benzene rings is 1. The number of anilines is 1. The molecule has 2 aromatic rings. The van der Waals surface area contributed by atoms with Crippen LogP contribution in [0.25, 0.3) is 10.9 Å². The van der Waals surface area contributed by atoms with Gasteiger partial charge in [0.25, 0.3) is 5.91 Å². The minimum Gasteiger partial charge on any atom is -0.397 e. The van der Waals surface area contributed by atoms with Gasteiger partial charge >= 0.3 is 0 Å². The van der Waals surface area contributed by atoms with E-state index in [4.69, 9.17) is 5.73 Å². The van der Waals surface area contributed by atoms with Gasteiger partial charge in [-0.25, -0.2) is 9.37 Å². The fourth-order valence-corrected chi connectivity index (χ4v) is 3.19. The van der Waals surface area contributed by atoms with Gasteiger partial charge in [0.15, 0.2) is 0 Å². The van der Waals surface area contributed by atoms with Gasteiger partial charge in [-0.15, -0.1) is 0 Å². The molecule has 102 valence electrons. The number of rotatable bonds is 1. The van der Waals surface area contributed by atoms with E-state index >= 15 is 0 Å². The molecule has 1 aromatic carbocycles. The van der Waals surface area contributed by atoms with Gasteiger partial charge in [-0.2, -0.15) is 0 Å². The largest absolute Gasteiger partial charge is 0.397 e. The van der Waals surface area contributed by atoms with Crippen LogP contribution >= 0.6 is 15.9 Å². The lowest BCUT2D eigenvalue weighted by Crippen LogP contribution is -2.26. The molecule has 2 aliphatic rings. The Balaban J connectivity index is 1.98. The highest BCUT2D eigenvalue weighted by Crippen LogP contribution is 2.39. The van der Waals surface area contributed by atoms with Crippen LogP contribution in [0.15, 0.2) is 16.6 Å². The van der Waals surface area contributed by atoms with Crippen LogP contribution in [0.2, 0.25) is 0 Å². The number of hydrogen-bond donors (Lipinski definition) is 1. The smallest absolute Gasteiger partial charge is 0.258 e. The molecular formula is C14H11BrFN3O. The van der Waals surface area contributed by atoms with Crippen LogP contribution in [0, 0.1) is 5.82 Å². The number of nitrogen functional groups attached to an aromatic ring is 1.